The Morgan fingerprint density at radius 2 is 1.89 bits per heavy atom. The number of rotatable bonds is 6. The monoisotopic (exact) mass is 491 g/mol. The molecule has 4 aromatic rings. The number of amides is 1. The van der Waals surface area contributed by atoms with E-state index in [-0.39, 0.29) is 10.9 Å². The third-order valence-electron chi connectivity index (χ3n) is 5.96. The van der Waals surface area contributed by atoms with Crippen LogP contribution in [0.4, 0.5) is 10.1 Å². The van der Waals surface area contributed by atoms with Gasteiger partial charge in [0.2, 0.25) is 5.91 Å². The van der Waals surface area contributed by atoms with Crippen molar-refractivity contribution < 1.29 is 18.3 Å². The molecule has 3 aromatic carbocycles. The summed E-state index contributed by atoms with van der Waals surface area (Å²) in [6.07, 6.45) is 3.27. The molecule has 0 aliphatic carbocycles. The van der Waals surface area contributed by atoms with Crippen LogP contribution < -0.4 is 10.1 Å². The summed E-state index contributed by atoms with van der Waals surface area (Å²) in [4.78, 5) is 12.7. The van der Waals surface area contributed by atoms with E-state index in [9.17, 15) is 9.18 Å². The number of fused-ring (bicyclic) bond motifs is 1. The number of halogens is 2. The summed E-state index contributed by atoms with van der Waals surface area (Å²) in [7, 11) is 0. The van der Waals surface area contributed by atoms with Crippen LogP contribution in [-0.4, -0.2) is 12.5 Å². The van der Waals surface area contributed by atoms with E-state index >= 15 is 0 Å². The number of anilines is 1. The van der Waals surface area contributed by atoms with Crippen LogP contribution in [0.2, 0.25) is 5.02 Å². The van der Waals surface area contributed by atoms with Crippen molar-refractivity contribution in [1.29, 1.82) is 0 Å². The first-order chi connectivity index (χ1) is 16.7. The zero-order valence-corrected chi connectivity index (χ0v) is 21.1. The molecule has 0 radical (unpaired) electrons. The molecule has 0 atom stereocenters. The third-order valence-corrected chi connectivity index (χ3v) is 6.25. The van der Waals surface area contributed by atoms with Crippen molar-refractivity contribution in [3.05, 3.63) is 87.9 Å². The third kappa shape index (κ3) is 4.96. The first-order valence-corrected chi connectivity index (χ1v) is 11.8. The minimum atomic E-state index is -0.541. The molecule has 35 heavy (non-hydrogen) atoms. The first kappa shape index (κ1) is 24.6. The highest BCUT2D eigenvalue weighted by Crippen LogP contribution is 2.41. The summed E-state index contributed by atoms with van der Waals surface area (Å²) in [6, 6.07) is 12.4. The number of benzene rings is 3. The molecule has 6 heteroatoms. The summed E-state index contributed by atoms with van der Waals surface area (Å²) in [5.74, 6) is -0.221. The molecule has 0 aliphatic rings. The van der Waals surface area contributed by atoms with E-state index < -0.39 is 5.82 Å². The Balaban J connectivity index is 1.79. The number of hydrogen-bond donors (Lipinski definition) is 1. The summed E-state index contributed by atoms with van der Waals surface area (Å²) >= 11 is 5.83. The van der Waals surface area contributed by atoms with Gasteiger partial charge in [0.25, 0.3) is 0 Å². The molecular weight excluding hydrogens is 465 g/mol. The number of carbonyl (C=O) groups is 1. The van der Waals surface area contributed by atoms with Crippen LogP contribution in [0.25, 0.3) is 27.7 Å². The van der Waals surface area contributed by atoms with E-state index in [4.69, 9.17) is 20.8 Å². The Morgan fingerprint density at radius 1 is 1.11 bits per heavy atom. The van der Waals surface area contributed by atoms with E-state index in [2.05, 4.69) is 37.4 Å². The van der Waals surface area contributed by atoms with Crippen LogP contribution in [-0.2, 0) is 4.79 Å². The van der Waals surface area contributed by atoms with Crippen molar-refractivity contribution >= 4 is 39.7 Å². The van der Waals surface area contributed by atoms with Gasteiger partial charge in [0.1, 0.15) is 17.1 Å². The van der Waals surface area contributed by atoms with E-state index in [0.29, 0.717) is 18.0 Å². The summed E-state index contributed by atoms with van der Waals surface area (Å²) in [5.41, 5.74) is 7.99. The highest BCUT2D eigenvalue weighted by atomic mass is 35.5. The average molecular weight is 492 g/mol. The Labute approximate surface area is 209 Å². The van der Waals surface area contributed by atoms with E-state index in [1.54, 1.807) is 6.26 Å². The molecule has 0 spiro atoms. The zero-order valence-electron chi connectivity index (χ0n) is 20.4. The highest BCUT2D eigenvalue weighted by Gasteiger charge is 2.20. The normalized spacial score (nSPS) is 11.7. The van der Waals surface area contributed by atoms with Gasteiger partial charge in [-0.15, -0.1) is 0 Å². The minimum Gasteiger partial charge on any atom is -0.493 e. The molecule has 4 rings (SSSR count). The number of aryl methyl sites for hydroxylation is 3. The van der Waals surface area contributed by atoms with Gasteiger partial charge in [-0.05, 0) is 75.6 Å². The number of allylic oxidation sites excluding steroid dienone is 1. The second-order valence-corrected chi connectivity index (χ2v) is 9.01. The quantitative estimate of drug-likeness (QED) is 0.276. The van der Waals surface area contributed by atoms with Crippen LogP contribution in [0.1, 0.15) is 36.1 Å². The lowest BCUT2D eigenvalue weighted by molar-refractivity contribution is -0.111. The first-order valence-electron chi connectivity index (χ1n) is 11.4. The molecule has 0 bridgehead atoms. The Hall–Kier alpha value is -3.57. The number of furan rings is 1. The maximum atomic E-state index is 13.4. The van der Waals surface area contributed by atoms with Gasteiger partial charge in [0, 0.05) is 33.8 Å². The molecular formula is C29H27ClFNO3. The molecule has 1 N–H and O–H groups in total. The van der Waals surface area contributed by atoms with Gasteiger partial charge in [0.15, 0.2) is 0 Å². The van der Waals surface area contributed by atoms with Crippen molar-refractivity contribution in [2.45, 2.75) is 34.6 Å². The largest absolute Gasteiger partial charge is 0.493 e. The average Bonchev–Trinajstić information content (AvgIpc) is 3.22. The van der Waals surface area contributed by atoms with Gasteiger partial charge in [0.05, 0.1) is 17.9 Å². The molecule has 4 nitrogen and oxygen atoms in total. The van der Waals surface area contributed by atoms with Crippen molar-refractivity contribution in [3.8, 4) is 16.9 Å². The highest BCUT2D eigenvalue weighted by molar-refractivity contribution is 6.31. The predicted molar refractivity (Wildman–Crippen MR) is 141 cm³/mol. The van der Waals surface area contributed by atoms with Crippen LogP contribution in [0.5, 0.6) is 5.75 Å². The molecule has 1 heterocycles. The molecule has 0 unspecified atom stereocenters. The molecule has 0 aliphatic heterocycles. The minimum absolute atomic E-state index is 0.0536. The fraction of sp³-hybridized carbons (Fsp3) is 0.207. The van der Waals surface area contributed by atoms with Gasteiger partial charge < -0.3 is 14.5 Å². The predicted octanol–water partition coefficient (Wildman–Crippen LogP) is 8.26. The lowest BCUT2D eigenvalue weighted by Crippen LogP contribution is -2.09. The van der Waals surface area contributed by atoms with E-state index in [0.717, 1.165) is 44.4 Å². The van der Waals surface area contributed by atoms with Crippen molar-refractivity contribution in [1.82, 2.24) is 0 Å². The van der Waals surface area contributed by atoms with Crippen molar-refractivity contribution in [2.75, 3.05) is 11.9 Å². The number of carbonyl (C=O) groups excluding carboxylic acids is 1. The molecule has 180 valence electrons. The fourth-order valence-corrected chi connectivity index (χ4v) is 4.47. The van der Waals surface area contributed by atoms with E-state index in [1.807, 2.05) is 26.8 Å². The maximum absolute atomic E-state index is 13.4. The van der Waals surface area contributed by atoms with E-state index in [1.165, 1.54) is 29.8 Å². The zero-order chi connectivity index (χ0) is 25.3. The van der Waals surface area contributed by atoms with Gasteiger partial charge in [-0.3, -0.25) is 4.79 Å². The summed E-state index contributed by atoms with van der Waals surface area (Å²) in [6.45, 7) is 10.4. The lowest BCUT2D eigenvalue weighted by atomic mass is 9.94. The SMILES string of the molecule is CCOc1c(/C(C)=C/C(=O)Nc2ccc(F)c(Cl)c2)cc2c(-c3ccc(C)cc3C)coc2c1C. The maximum Gasteiger partial charge on any atom is 0.248 e. The second-order valence-electron chi connectivity index (χ2n) is 8.60. The number of ether oxygens (including phenoxy) is 1. The Morgan fingerprint density at radius 3 is 2.57 bits per heavy atom. The standard InChI is InChI=1S/C29H27ClFNO3/c1-6-34-28-19(5)29-23(24(15-35-29)21-9-7-16(2)11-17(21)3)14-22(28)18(4)12-27(33)32-20-8-10-26(31)25(30)13-20/h7-15H,6H2,1-5H3,(H,32,33)/b18-12+. The van der Waals surface area contributed by atoms with Gasteiger partial charge in [-0.2, -0.15) is 0 Å². The fourth-order valence-electron chi connectivity index (χ4n) is 4.29. The van der Waals surface area contributed by atoms with Crippen molar-refractivity contribution in [2.24, 2.45) is 0 Å². The Kier molecular flexibility index (Phi) is 6.99. The van der Waals surface area contributed by atoms with Crippen LogP contribution in [0.15, 0.2) is 59.2 Å². The number of hydrogen-bond acceptors (Lipinski definition) is 3. The number of nitrogens with one attached hydrogen (secondary N) is 1. The van der Waals surface area contributed by atoms with Gasteiger partial charge in [-0.25, -0.2) is 4.39 Å². The van der Waals surface area contributed by atoms with Crippen molar-refractivity contribution in [3.63, 3.8) is 0 Å². The molecule has 1 aromatic heterocycles. The summed E-state index contributed by atoms with van der Waals surface area (Å²) < 4.78 is 25.4. The van der Waals surface area contributed by atoms with Crippen LogP contribution in [0.3, 0.4) is 0 Å². The van der Waals surface area contributed by atoms with Crippen LogP contribution in [0, 0.1) is 26.6 Å². The van der Waals surface area contributed by atoms with Gasteiger partial charge >= 0.3 is 0 Å². The van der Waals surface area contributed by atoms with Crippen LogP contribution >= 0.6 is 11.6 Å². The summed E-state index contributed by atoms with van der Waals surface area (Å²) in [5, 5.41) is 3.63. The van der Waals surface area contributed by atoms with Gasteiger partial charge in [-0.1, -0.05) is 35.4 Å². The Bertz CT molecular complexity index is 1470. The lowest BCUT2D eigenvalue weighted by Gasteiger charge is -2.15. The molecule has 0 saturated carbocycles. The molecule has 0 fully saturated rings. The molecule has 1 amide bonds. The topological polar surface area (TPSA) is 51.5 Å². The second kappa shape index (κ2) is 9.96. The smallest absolute Gasteiger partial charge is 0.248 e. The molecule has 0 saturated heterocycles.